The van der Waals surface area contributed by atoms with Crippen LogP contribution in [0.5, 0.6) is 5.75 Å². The number of carbonyl (C=O) groups excluding carboxylic acids is 2. The maximum Gasteiger partial charge on any atom is 0.270 e. The van der Waals surface area contributed by atoms with E-state index in [0.717, 1.165) is 17.0 Å². The molecule has 1 N–H and O–H groups in total. The van der Waals surface area contributed by atoms with Crippen LogP contribution in [0, 0.1) is 0 Å². The maximum absolute atomic E-state index is 13.0. The van der Waals surface area contributed by atoms with Crippen LogP contribution in [0.2, 0.25) is 0 Å². The Labute approximate surface area is 173 Å². The second kappa shape index (κ2) is 7.73. The van der Waals surface area contributed by atoms with Crippen LogP contribution in [0.15, 0.2) is 78.6 Å². The molecule has 0 radical (unpaired) electrons. The maximum atomic E-state index is 13.0. The van der Waals surface area contributed by atoms with Gasteiger partial charge in [-0.25, -0.2) is 0 Å². The lowest BCUT2D eigenvalue weighted by Gasteiger charge is -2.28. The zero-order chi connectivity index (χ0) is 20.4. The lowest BCUT2D eigenvalue weighted by atomic mass is 10.1. The number of nitrogens with one attached hydrogen (secondary N) is 1. The molecule has 1 aromatic heterocycles. The predicted octanol–water partition coefficient (Wildman–Crippen LogP) is 3.32. The average Bonchev–Trinajstić information content (AvgIpc) is 3.20. The molecule has 0 unspecified atom stereocenters. The summed E-state index contributed by atoms with van der Waals surface area (Å²) in [6.45, 7) is 0. The molecular weight excluding hydrogens is 386 g/mol. The molecule has 1 saturated heterocycles. The van der Waals surface area contributed by atoms with Crippen LogP contribution in [-0.2, 0) is 9.59 Å². The normalized spacial score (nSPS) is 15.6. The van der Waals surface area contributed by atoms with Gasteiger partial charge >= 0.3 is 0 Å². The zero-order valence-electron chi connectivity index (χ0n) is 15.5. The number of rotatable bonds is 4. The first-order chi connectivity index (χ1) is 14.1. The molecule has 1 aliphatic rings. The second-order valence-corrected chi connectivity index (χ2v) is 6.73. The van der Waals surface area contributed by atoms with Gasteiger partial charge in [-0.3, -0.25) is 19.8 Å². The Morgan fingerprint density at radius 2 is 1.69 bits per heavy atom. The van der Waals surface area contributed by atoms with Gasteiger partial charge in [-0.05, 0) is 66.3 Å². The SMILES string of the molecule is COc1ccc(-n2ccc(/C=C3/C(=O)NC(=S)N(c4ccccc4)C3=O)c2)cc1. The summed E-state index contributed by atoms with van der Waals surface area (Å²) in [5.74, 6) is -0.198. The first-order valence-corrected chi connectivity index (χ1v) is 9.26. The summed E-state index contributed by atoms with van der Waals surface area (Å²) in [6, 6.07) is 18.4. The number of benzene rings is 2. The fourth-order valence-corrected chi connectivity index (χ4v) is 3.33. The van der Waals surface area contributed by atoms with Gasteiger partial charge in [0.05, 0.1) is 12.8 Å². The number of amides is 2. The molecule has 0 spiro atoms. The minimum Gasteiger partial charge on any atom is -0.497 e. The lowest BCUT2D eigenvalue weighted by Crippen LogP contribution is -2.54. The van der Waals surface area contributed by atoms with Crippen LogP contribution in [0.3, 0.4) is 0 Å². The van der Waals surface area contributed by atoms with E-state index in [1.165, 1.54) is 4.90 Å². The van der Waals surface area contributed by atoms with Gasteiger partial charge in [0, 0.05) is 18.1 Å². The van der Waals surface area contributed by atoms with Crippen LogP contribution >= 0.6 is 12.2 Å². The summed E-state index contributed by atoms with van der Waals surface area (Å²) in [6.07, 6.45) is 5.27. The zero-order valence-corrected chi connectivity index (χ0v) is 16.3. The number of thiocarbonyl (C=S) groups is 1. The minimum absolute atomic E-state index is 0.0231. The number of anilines is 1. The van der Waals surface area contributed by atoms with E-state index in [9.17, 15) is 9.59 Å². The van der Waals surface area contributed by atoms with Crippen molar-refractivity contribution < 1.29 is 14.3 Å². The van der Waals surface area contributed by atoms with E-state index >= 15 is 0 Å². The van der Waals surface area contributed by atoms with Crippen molar-refractivity contribution in [1.29, 1.82) is 0 Å². The highest BCUT2D eigenvalue weighted by Crippen LogP contribution is 2.22. The van der Waals surface area contributed by atoms with E-state index in [0.29, 0.717) is 5.69 Å². The Kier molecular flexibility index (Phi) is 4.97. The highest BCUT2D eigenvalue weighted by molar-refractivity contribution is 7.80. The van der Waals surface area contributed by atoms with Crippen molar-refractivity contribution in [3.63, 3.8) is 0 Å². The summed E-state index contributed by atoms with van der Waals surface area (Å²) in [5, 5.41) is 2.66. The molecule has 3 aromatic rings. The Hall–Kier alpha value is -3.71. The van der Waals surface area contributed by atoms with Crippen molar-refractivity contribution in [2.24, 2.45) is 0 Å². The number of hydrogen-bond acceptors (Lipinski definition) is 4. The van der Waals surface area contributed by atoms with Gasteiger partial charge in [0.1, 0.15) is 11.3 Å². The van der Waals surface area contributed by atoms with Crippen molar-refractivity contribution >= 4 is 40.9 Å². The fraction of sp³-hybridized carbons (Fsp3) is 0.0455. The van der Waals surface area contributed by atoms with Gasteiger partial charge in [0.25, 0.3) is 11.8 Å². The molecule has 4 rings (SSSR count). The van der Waals surface area contributed by atoms with Gasteiger partial charge in [-0.15, -0.1) is 0 Å². The predicted molar refractivity (Wildman–Crippen MR) is 115 cm³/mol. The van der Waals surface area contributed by atoms with Crippen LogP contribution in [0.25, 0.3) is 11.8 Å². The quantitative estimate of drug-likeness (QED) is 0.412. The number of hydrogen-bond donors (Lipinski definition) is 1. The van der Waals surface area contributed by atoms with Crippen LogP contribution in [-0.4, -0.2) is 28.6 Å². The third kappa shape index (κ3) is 3.68. The molecule has 1 aliphatic heterocycles. The molecule has 144 valence electrons. The number of para-hydroxylation sites is 1. The van der Waals surface area contributed by atoms with E-state index < -0.39 is 11.8 Å². The molecule has 6 nitrogen and oxygen atoms in total. The molecule has 0 bridgehead atoms. The summed E-state index contributed by atoms with van der Waals surface area (Å²) < 4.78 is 7.07. The Morgan fingerprint density at radius 1 is 0.966 bits per heavy atom. The molecule has 2 amide bonds. The highest BCUT2D eigenvalue weighted by atomic mass is 32.1. The molecule has 0 saturated carbocycles. The smallest absolute Gasteiger partial charge is 0.270 e. The molecule has 29 heavy (non-hydrogen) atoms. The van der Waals surface area contributed by atoms with Gasteiger partial charge < -0.3 is 9.30 Å². The van der Waals surface area contributed by atoms with Gasteiger partial charge in [0.2, 0.25) is 0 Å². The number of carbonyl (C=O) groups is 2. The van der Waals surface area contributed by atoms with E-state index in [-0.39, 0.29) is 10.7 Å². The van der Waals surface area contributed by atoms with E-state index in [1.807, 2.05) is 53.4 Å². The van der Waals surface area contributed by atoms with E-state index in [4.69, 9.17) is 17.0 Å². The molecule has 0 atom stereocenters. The van der Waals surface area contributed by atoms with Crippen molar-refractivity contribution in [2.45, 2.75) is 0 Å². The van der Waals surface area contributed by atoms with Crippen molar-refractivity contribution in [2.75, 3.05) is 12.0 Å². The standard InChI is InChI=1S/C22H17N3O3S/c1-28-18-9-7-16(8-10-18)24-12-11-15(14-24)13-19-20(26)23-22(29)25(21(19)27)17-5-3-2-4-6-17/h2-14H,1H3,(H,23,26,29)/b19-13-. The number of aromatic nitrogens is 1. The van der Waals surface area contributed by atoms with Gasteiger partial charge in [-0.2, -0.15) is 0 Å². The molecule has 0 aliphatic carbocycles. The Bertz CT molecular complexity index is 1120. The van der Waals surface area contributed by atoms with Crippen LogP contribution < -0.4 is 15.0 Å². The summed E-state index contributed by atoms with van der Waals surface area (Å²) in [4.78, 5) is 26.7. The monoisotopic (exact) mass is 403 g/mol. The van der Waals surface area contributed by atoms with E-state index in [1.54, 1.807) is 37.5 Å². The van der Waals surface area contributed by atoms with Crippen LogP contribution in [0.4, 0.5) is 5.69 Å². The highest BCUT2D eigenvalue weighted by Gasteiger charge is 2.34. The first kappa shape index (κ1) is 18.6. The summed E-state index contributed by atoms with van der Waals surface area (Å²) >= 11 is 5.20. The molecule has 7 heteroatoms. The third-order valence-corrected chi connectivity index (χ3v) is 4.80. The number of methoxy groups -OCH3 is 1. The molecule has 2 aromatic carbocycles. The topological polar surface area (TPSA) is 63.6 Å². The fourth-order valence-electron chi connectivity index (χ4n) is 3.05. The van der Waals surface area contributed by atoms with Gasteiger partial charge in [-0.1, -0.05) is 18.2 Å². The van der Waals surface area contributed by atoms with Crippen molar-refractivity contribution in [3.05, 3.63) is 84.2 Å². The van der Waals surface area contributed by atoms with Crippen molar-refractivity contribution in [3.8, 4) is 11.4 Å². The minimum atomic E-state index is -0.510. The number of ether oxygens (including phenoxy) is 1. The first-order valence-electron chi connectivity index (χ1n) is 8.86. The third-order valence-electron chi connectivity index (χ3n) is 4.51. The summed E-state index contributed by atoms with van der Waals surface area (Å²) in [5.41, 5.74) is 2.28. The Balaban J connectivity index is 1.64. The lowest BCUT2D eigenvalue weighted by molar-refractivity contribution is -0.122. The largest absolute Gasteiger partial charge is 0.497 e. The van der Waals surface area contributed by atoms with E-state index in [2.05, 4.69) is 5.32 Å². The second-order valence-electron chi connectivity index (χ2n) is 6.34. The van der Waals surface area contributed by atoms with Gasteiger partial charge in [0.15, 0.2) is 5.11 Å². The molecule has 2 heterocycles. The molecule has 1 fully saturated rings. The molecular formula is C22H17N3O3S. The van der Waals surface area contributed by atoms with Crippen molar-refractivity contribution in [1.82, 2.24) is 9.88 Å². The average molecular weight is 403 g/mol. The Morgan fingerprint density at radius 3 is 2.38 bits per heavy atom. The van der Waals surface area contributed by atoms with Crippen LogP contribution in [0.1, 0.15) is 5.56 Å². The number of nitrogens with zero attached hydrogens (tertiary/aromatic N) is 2. The summed E-state index contributed by atoms with van der Waals surface area (Å²) in [7, 11) is 1.62.